The van der Waals surface area contributed by atoms with Gasteiger partial charge in [0.15, 0.2) is 5.13 Å². The fourth-order valence-electron chi connectivity index (χ4n) is 4.10. The molecule has 2 aromatic rings. The van der Waals surface area contributed by atoms with Gasteiger partial charge in [0, 0.05) is 43.7 Å². The van der Waals surface area contributed by atoms with Crippen LogP contribution in [0.1, 0.15) is 24.0 Å². The van der Waals surface area contributed by atoms with E-state index in [1.54, 1.807) is 6.20 Å². The van der Waals surface area contributed by atoms with Crippen molar-refractivity contribution in [2.24, 2.45) is 0 Å². The highest BCUT2D eigenvalue weighted by molar-refractivity contribution is 7.13. The number of amides is 1. The van der Waals surface area contributed by atoms with Crippen LogP contribution in [0.5, 0.6) is 0 Å². The predicted octanol–water partition coefficient (Wildman–Crippen LogP) is 2.65. The third-order valence-corrected chi connectivity index (χ3v) is 6.19. The van der Waals surface area contributed by atoms with Gasteiger partial charge in [-0.2, -0.15) is 0 Å². The minimum Gasteiger partial charge on any atom is -0.302 e. The molecule has 4 rings (SSSR count). The average Bonchev–Trinajstić information content (AvgIpc) is 3.25. The van der Waals surface area contributed by atoms with Gasteiger partial charge in [-0.05, 0) is 43.5 Å². The van der Waals surface area contributed by atoms with Gasteiger partial charge in [-0.1, -0.05) is 24.3 Å². The number of benzene rings is 1. The van der Waals surface area contributed by atoms with Crippen LogP contribution in [0.4, 0.5) is 5.13 Å². The number of hydrogen-bond donors (Lipinski definition) is 1. The summed E-state index contributed by atoms with van der Waals surface area (Å²) in [5.41, 5.74) is 3.05. The highest BCUT2D eigenvalue weighted by Crippen LogP contribution is 2.26. The third kappa shape index (κ3) is 4.31. The van der Waals surface area contributed by atoms with Gasteiger partial charge in [-0.3, -0.25) is 9.69 Å². The van der Waals surface area contributed by atoms with Crippen LogP contribution < -0.4 is 5.32 Å². The lowest BCUT2D eigenvalue weighted by molar-refractivity contribution is -0.116. The third-order valence-electron chi connectivity index (χ3n) is 5.50. The molecule has 138 valence electrons. The van der Waals surface area contributed by atoms with E-state index in [9.17, 15) is 4.79 Å². The number of nitrogens with one attached hydrogen (secondary N) is 1. The Morgan fingerprint density at radius 2 is 1.96 bits per heavy atom. The Labute approximate surface area is 159 Å². The highest BCUT2D eigenvalue weighted by atomic mass is 32.1. The predicted molar refractivity (Wildman–Crippen MR) is 106 cm³/mol. The first-order chi connectivity index (χ1) is 12.8. The summed E-state index contributed by atoms with van der Waals surface area (Å²) < 4.78 is 0. The molecule has 1 fully saturated rings. The van der Waals surface area contributed by atoms with E-state index in [1.807, 2.05) is 5.38 Å². The number of rotatable bonds is 5. The molecule has 1 saturated heterocycles. The standard InChI is InChI=1S/C20H26N4OS/c25-19(22-20-21-7-13-26-20)6-10-23-8-3-9-24(12-11-23)18-14-16-4-1-2-5-17(16)15-18/h1-2,4-5,7,13,18H,3,6,8-12,14-15H2,(H,21,22,25). The molecule has 1 aromatic carbocycles. The van der Waals surface area contributed by atoms with Crippen molar-refractivity contribution >= 4 is 22.4 Å². The molecule has 0 unspecified atom stereocenters. The molecule has 0 radical (unpaired) electrons. The number of nitrogens with zero attached hydrogens (tertiary/aromatic N) is 3. The Kier molecular flexibility index (Phi) is 5.62. The number of carbonyl (C=O) groups excluding carboxylic acids is 1. The first kappa shape index (κ1) is 17.6. The molecule has 1 aliphatic carbocycles. The summed E-state index contributed by atoms with van der Waals surface area (Å²) in [5, 5.41) is 5.44. The van der Waals surface area contributed by atoms with Crippen LogP contribution in [0.25, 0.3) is 0 Å². The first-order valence-corrected chi connectivity index (χ1v) is 10.4. The van der Waals surface area contributed by atoms with E-state index < -0.39 is 0 Å². The molecule has 6 heteroatoms. The second kappa shape index (κ2) is 8.29. The van der Waals surface area contributed by atoms with Crippen LogP contribution in [0.2, 0.25) is 0 Å². The van der Waals surface area contributed by atoms with E-state index in [-0.39, 0.29) is 5.91 Å². The van der Waals surface area contributed by atoms with Crippen molar-refractivity contribution in [3.63, 3.8) is 0 Å². The molecule has 1 amide bonds. The van der Waals surface area contributed by atoms with Crippen molar-refractivity contribution in [2.45, 2.75) is 31.7 Å². The molecule has 0 atom stereocenters. The quantitative estimate of drug-likeness (QED) is 0.879. The summed E-state index contributed by atoms with van der Waals surface area (Å²) in [5.74, 6) is 0.0623. The average molecular weight is 371 g/mol. The first-order valence-electron chi connectivity index (χ1n) is 9.50. The molecule has 1 aliphatic heterocycles. The van der Waals surface area contributed by atoms with Crippen LogP contribution in [0, 0.1) is 0 Å². The van der Waals surface area contributed by atoms with Gasteiger partial charge in [-0.25, -0.2) is 4.98 Å². The normalized spacial score (nSPS) is 19.2. The Hall–Kier alpha value is -1.76. The molecule has 0 spiro atoms. The van der Waals surface area contributed by atoms with Gasteiger partial charge < -0.3 is 10.2 Å². The molecule has 26 heavy (non-hydrogen) atoms. The van der Waals surface area contributed by atoms with Crippen molar-refractivity contribution in [1.82, 2.24) is 14.8 Å². The van der Waals surface area contributed by atoms with Crippen molar-refractivity contribution in [1.29, 1.82) is 0 Å². The van der Waals surface area contributed by atoms with Gasteiger partial charge in [0.25, 0.3) is 0 Å². The number of hydrogen-bond acceptors (Lipinski definition) is 5. The van der Waals surface area contributed by atoms with Crippen molar-refractivity contribution in [3.8, 4) is 0 Å². The Bertz CT molecular complexity index is 708. The summed E-state index contributed by atoms with van der Waals surface area (Å²) in [6, 6.07) is 9.52. The van der Waals surface area contributed by atoms with Crippen LogP contribution in [0.3, 0.4) is 0 Å². The topological polar surface area (TPSA) is 48.5 Å². The molecule has 0 bridgehead atoms. The maximum absolute atomic E-state index is 12.1. The summed E-state index contributed by atoms with van der Waals surface area (Å²) in [6.45, 7) is 5.24. The summed E-state index contributed by atoms with van der Waals surface area (Å²) in [7, 11) is 0. The van der Waals surface area contributed by atoms with Crippen LogP contribution >= 0.6 is 11.3 Å². The fourth-order valence-corrected chi connectivity index (χ4v) is 4.65. The van der Waals surface area contributed by atoms with Gasteiger partial charge in [0.2, 0.25) is 5.91 Å². The zero-order valence-electron chi connectivity index (χ0n) is 15.1. The van der Waals surface area contributed by atoms with E-state index in [2.05, 4.69) is 44.4 Å². The van der Waals surface area contributed by atoms with Gasteiger partial charge in [0.05, 0.1) is 0 Å². The summed E-state index contributed by atoms with van der Waals surface area (Å²) in [6.07, 6.45) is 5.80. The molecule has 2 aliphatic rings. The monoisotopic (exact) mass is 370 g/mol. The van der Waals surface area contributed by atoms with E-state index in [1.165, 1.54) is 48.3 Å². The number of carbonyl (C=O) groups is 1. The van der Waals surface area contributed by atoms with Crippen LogP contribution in [0.15, 0.2) is 35.8 Å². The Balaban J connectivity index is 1.23. The van der Waals surface area contributed by atoms with Gasteiger partial charge in [-0.15, -0.1) is 11.3 Å². The molecule has 1 aromatic heterocycles. The van der Waals surface area contributed by atoms with Crippen LogP contribution in [-0.4, -0.2) is 59.5 Å². The SMILES string of the molecule is O=C(CCN1CCCN(C2Cc3ccccc3C2)CC1)Nc1nccs1. The van der Waals surface area contributed by atoms with Crippen LogP contribution in [-0.2, 0) is 17.6 Å². The smallest absolute Gasteiger partial charge is 0.227 e. The van der Waals surface area contributed by atoms with E-state index >= 15 is 0 Å². The second-order valence-corrected chi connectivity index (χ2v) is 8.09. The summed E-state index contributed by atoms with van der Waals surface area (Å²) >= 11 is 1.46. The lowest BCUT2D eigenvalue weighted by Gasteiger charge is -2.27. The molecular weight excluding hydrogens is 344 g/mol. The number of anilines is 1. The van der Waals surface area contributed by atoms with Crippen molar-refractivity contribution in [3.05, 3.63) is 47.0 Å². The fraction of sp³-hybridized carbons (Fsp3) is 0.500. The van der Waals surface area contributed by atoms with Crippen molar-refractivity contribution in [2.75, 3.05) is 38.0 Å². The van der Waals surface area contributed by atoms with Gasteiger partial charge >= 0.3 is 0 Å². The highest BCUT2D eigenvalue weighted by Gasteiger charge is 2.27. The van der Waals surface area contributed by atoms with E-state index in [0.29, 0.717) is 17.6 Å². The zero-order valence-corrected chi connectivity index (χ0v) is 15.9. The number of aromatic nitrogens is 1. The number of fused-ring (bicyclic) bond motifs is 1. The molecule has 0 saturated carbocycles. The Morgan fingerprint density at radius 1 is 1.15 bits per heavy atom. The second-order valence-electron chi connectivity index (χ2n) is 7.20. The van der Waals surface area contributed by atoms with Crippen molar-refractivity contribution < 1.29 is 4.79 Å². The molecule has 5 nitrogen and oxygen atoms in total. The minimum absolute atomic E-state index is 0.0623. The lowest BCUT2D eigenvalue weighted by Crippen LogP contribution is -2.39. The largest absolute Gasteiger partial charge is 0.302 e. The molecule has 2 heterocycles. The Morgan fingerprint density at radius 3 is 2.69 bits per heavy atom. The van der Waals surface area contributed by atoms with E-state index in [4.69, 9.17) is 0 Å². The minimum atomic E-state index is 0.0623. The maximum atomic E-state index is 12.1. The maximum Gasteiger partial charge on any atom is 0.227 e. The van der Waals surface area contributed by atoms with Gasteiger partial charge in [0.1, 0.15) is 0 Å². The van der Waals surface area contributed by atoms with E-state index in [0.717, 1.165) is 26.2 Å². The number of thiazole rings is 1. The lowest BCUT2D eigenvalue weighted by atomic mass is 10.1. The molecular formula is C20H26N4OS. The zero-order chi connectivity index (χ0) is 17.8. The molecule has 1 N–H and O–H groups in total. The summed E-state index contributed by atoms with van der Waals surface area (Å²) in [4.78, 5) is 21.3.